The SMILES string of the molecule is COc1cccc(OC)c1C(=O)N1CCNCC1.Cl. The molecule has 0 unspecified atom stereocenters. The van der Waals surface area contributed by atoms with Crippen LogP contribution in [0.3, 0.4) is 0 Å². The fraction of sp³-hybridized carbons (Fsp3) is 0.462. The van der Waals surface area contributed by atoms with E-state index in [4.69, 9.17) is 9.47 Å². The minimum absolute atomic E-state index is 0. The Hall–Kier alpha value is -1.46. The van der Waals surface area contributed by atoms with E-state index >= 15 is 0 Å². The second kappa shape index (κ2) is 7.21. The van der Waals surface area contributed by atoms with E-state index in [0.717, 1.165) is 13.1 Å². The van der Waals surface area contributed by atoms with E-state index in [2.05, 4.69) is 5.32 Å². The molecule has 0 radical (unpaired) electrons. The lowest BCUT2D eigenvalue weighted by molar-refractivity contribution is 0.0729. The summed E-state index contributed by atoms with van der Waals surface area (Å²) < 4.78 is 10.5. The van der Waals surface area contributed by atoms with Crippen LogP contribution in [-0.2, 0) is 0 Å². The molecule has 0 saturated carbocycles. The van der Waals surface area contributed by atoms with Crippen LogP contribution in [0.1, 0.15) is 10.4 Å². The van der Waals surface area contributed by atoms with Gasteiger partial charge in [0.15, 0.2) is 0 Å². The molecule has 0 atom stereocenters. The number of carbonyl (C=O) groups is 1. The van der Waals surface area contributed by atoms with Gasteiger partial charge in [0.05, 0.1) is 14.2 Å². The molecule has 1 aliphatic rings. The van der Waals surface area contributed by atoms with Crippen molar-refractivity contribution in [2.75, 3.05) is 40.4 Å². The van der Waals surface area contributed by atoms with Gasteiger partial charge >= 0.3 is 0 Å². The van der Waals surface area contributed by atoms with E-state index in [1.165, 1.54) is 0 Å². The highest BCUT2D eigenvalue weighted by Gasteiger charge is 2.24. The first kappa shape index (κ1) is 15.6. The number of rotatable bonds is 3. The molecule has 2 rings (SSSR count). The predicted molar refractivity (Wildman–Crippen MR) is 75.6 cm³/mol. The Morgan fingerprint density at radius 1 is 1.16 bits per heavy atom. The monoisotopic (exact) mass is 286 g/mol. The highest BCUT2D eigenvalue weighted by molar-refractivity contribution is 5.99. The van der Waals surface area contributed by atoms with E-state index in [0.29, 0.717) is 30.2 Å². The fourth-order valence-electron chi connectivity index (χ4n) is 2.09. The maximum absolute atomic E-state index is 12.5. The molecule has 1 aromatic rings. The number of carbonyl (C=O) groups excluding carboxylic acids is 1. The van der Waals surface area contributed by atoms with E-state index < -0.39 is 0 Å². The molecule has 1 saturated heterocycles. The van der Waals surface area contributed by atoms with E-state index in [1.54, 1.807) is 26.4 Å². The van der Waals surface area contributed by atoms with Gasteiger partial charge in [-0.25, -0.2) is 0 Å². The Balaban J connectivity index is 0.00000180. The number of nitrogens with one attached hydrogen (secondary N) is 1. The molecule has 0 bridgehead atoms. The number of nitrogens with zero attached hydrogens (tertiary/aromatic N) is 1. The number of halogens is 1. The van der Waals surface area contributed by atoms with Crippen LogP contribution in [0.4, 0.5) is 0 Å². The summed E-state index contributed by atoms with van der Waals surface area (Å²) in [5.41, 5.74) is 0.504. The Kier molecular flexibility index (Phi) is 5.92. The van der Waals surface area contributed by atoms with Gasteiger partial charge in [-0.3, -0.25) is 4.79 Å². The van der Waals surface area contributed by atoms with Crippen LogP contribution in [-0.4, -0.2) is 51.2 Å². The molecule has 1 amide bonds. The molecule has 6 heteroatoms. The second-order valence-corrected chi connectivity index (χ2v) is 4.08. The molecule has 0 aliphatic carbocycles. The van der Waals surface area contributed by atoms with Gasteiger partial charge in [-0.1, -0.05) is 6.07 Å². The lowest BCUT2D eigenvalue weighted by Gasteiger charge is -2.28. The Morgan fingerprint density at radius 3 is 2.16 bits per heavy atom. The molecule has 1 fully saturated rings. The van der Waals surface area contributed by atoms with Crippen LogP contribution in [0.2, 0.25) is 0 Å². The van der Waals surface area contributed by atoms with Gasteiger partial charge in [0.25, 0.3) is 5.91 Å². The second-order valence-electron chi connectivity index (χ2n) is 4.08. The smallest absolute Gasteiger partial charge is 0.261 e. The molecule has 1 N–H and O–H groups in total. The van der Waals surface area contributed by atoms with Gasteiger partial charge in [-0.2, -0.15) is 0 Å². The third-order valence-electron chi connectivity index (χ3n) is 3.05. The first-order chi connectivity index (χ1) is 8.77. The predicted octanol–water partition coefficient (Wildman–Crippen LogP) is 1.17. The Labute approximate surface area is 119 Å². The number of hydrogen-bond donors (Lipinski definition) is 1. The zero-order chi connectivity index (χ0) is 13.0. The molecule has 0 aromatic heterocycles. The first-order valence-electron chi connectivity index (χ1n) is 5.99. The minimum Gasteiger partial charge on any atom is -0.496 e. The zero-order valence-corrected chi connectivity index (χ0v) is 12.0. The summed E-state index contributed by atoms with van der Waals surface area (Å²) in [6, 6.07) is 5.36. The van der Waals surface area contributed by atoms with Crippen LogP contribution >= 0.6 is 12.4 Å². The average molecular weight is 287 g/mol. The topological polar surface area (TPSA) is 50.8 Å². The van der Waals surface area contributed by atoms with Gasteiger partial charge in [-0.15, -0.1) is 12.4 Å². The number of ether oxygens (including phenoxy) is 2. The van der Waals surface area contributed by atoms with Crippen LogP contribution in [0.25, 0.3) is 0 Å². The standard InChI is InChI=1S/C13H18N2O3.ClH/c1-17-10-4-3-5-11(18-2)12(10)13(16)15-8-6-14-7-9-15;/h3-5,14H,6-9H2,1-2H3;1H. The highest BCUT2D eigenvalue weighted by atomic mass is 35.5. The fourth-order valence-corrected chi connectivity index (χ4v) is 2.09. The van der Waals surface area contributed by atoms with Crippen LogP contribution < -0.4 is 14.8 Å². The summed E-state index contributed by atoms with van der Waals surface area (Å²) in [5, 5.41) is 3.22. The molecule has 1 aliphatic heterocycles. The van der Waals surface area contributed by atoms with Gasteiger partial charge < -0.3 is 19.7 Å². The minimum atomic E-state index is -0.0363. The van der Waals surface area contributed by atoms with Crippen LogP contribution in [0, 0.1) is 0 Å². The Morgan fingerprint density at radius 2 is 1.68 bits per heavy atom. The molecule has 1 heterocycles. The van der Waals surface area contributed by atoms with Gasteiger partial charge in [-0.05, 0) is 12.1 Å². The quantitative estimate of drug-likeness (QED) is 0.906. The largest absolute Gasteiger partial charge is 0.496 e. The van der Waals surface area contributed by atoms with E-state index in [-0.39, 0.29) is 18.3 Å². The van der Waals surface area contributed by atoms with E-state index in [9.17, 15) is 4.79 Å². The van der Waals surface area contributed by atoms with Crippen molar-refractivity contribution in [3.05, 3.63) is 23.8 Å². The average Bonchev–Trinajstić information content (AvgIpc) is 2.46. The van der Waals surface area contributed by atoms with Crippen molar-refractivity contribution in [2.24, 2.45) is 0 Å². The lowest BCUT2D eigenvalue weighted by Crippen LogP contribution is -2.46. The van der Waals surface area contributed by atoms with Gasteiger partial charge in [0.2, 0.25) is 0 Å². The van der Waals surface area contributed by atoms with Crippen molar-refractivity contribution in [1.29, 1.82) is 0 Å². The van der Waals surface area contributed by atoms with Crippen LogP contribution in [0.15, 0.2) is 18.2 Å². The highest BCUT2D eigenvalue weighted by Crippen LogP contribution is 2.29. The first-order valence-corrected chi connectivity index (χ1v) is 5.99. The maximum atomic E-state index is 12.5. The molecule has 1 aromatic carbocycles. The van der Waals surface area contributed by atoms with Crippen molar-refractivity contribution in [2.45, 2.75) is 0 Å². The number of amides is 1. The van der Waals surface area contributed by atoms with Crippen molar-refractivity contribution in [1.82, 2.24) is 10.2 Å². The summed E-state index contributed by atoms with van der Waals surface area (Å²) in [6.07, 6.45) is 0. The molecule has 0 spiro atoms. The maximum Gasteiger partial charge on any atom is 0.261 e. The molecular weight excluding hydrogens is 268 g/mol. The third-order valence-corrected chi connectivity index (χ3v) is 3.05. The molecular formula is C13H19ClN2O3. The molecule has 106 valence electrons. The summed E-state index contributed by atoms with van der Waals surface area (Å²) >= 11 is 0. The summed E-state index contributed by atoms with van der Waals surface area (Å²) in [7, 11) is 3.12. The van der Waals surface area contributed by atoms with Crippen molar-refractivity contribution < 1.29 is 14.3 Å². The molecule has 19 heavy (non-hydrogen) atoms. The van der Waals surface area contributed by atoms with E-state index in [1.807, 2.05) is 11.0 Å². The zero-order valence-electron chi connectivity index (χ0n) is 11.1. The van der Waals surface area contributed by atoms with Crippen molar-refractivity contribution in [3.8, 4) is 11.5 Å². The summed E-state index contributed by atoms with van der Waals surface area (Å²) in [4.78, 5) is 14.3. The number of piperazine rings is 1. The Bertz CT molecular complexity index is 412. The van der Waals surface area contributed by atoms with Crippen LogP contribution in [0.5, 0.6) is 11.5 Å². The number of benzene rings is 1. The molecule has 5 nitrogen and oxygen atoms in total. The van der Waals surface area contributed by atoms with Gasteiger partial charge in [0.1, 0.15) is 17.1 Å². The van der Waals surface area contributed by atoms with Crippen molar-refractivity contribution >= 4 is 18.3 Å². The lowest BCUT2D eigenvalue weighted by atomic mass is 10.1. The van der Waals surface area contributed by atoms with Gasteiger partial charge in [0, 0.05) is 26.2 Å². The number of methoxy groups -OCH3 is 2. The third kappa shape index (κ3) is 3.30. The number of hydrogen-bond acceptors (Lipinski definition) is 4. The van der Waals surface area contributed by atoms with Crippen molar-refractivity contribution in [3.63, 3.8) is 0 Å². The summed E-state index contributed by atoms with van der Waals surface area (Å²) in [6.45, 7) is 3.06. The summed E-state index contributed by atoms with van der Waals surface area (Å²) in [5.74, 6) is 1.07. The normalized spacial score (nSPS) is 14.5.